The number of anilines is 1. The van der Waals surface area contributed by atoms with Crippen LogP contribution in [0.15, 0.2) is 48.7 Å². The number of H-pyrrole nitrogens is 1. The molecule has 9 heteroatoms. The van der Waals surface area contributed by atoms with E-state index in [1.807, 2.05) is 12.1 Å². The molecule has 0 fully saturated rings. The predicted molar refractivity (Wildman–Crippen MR) is 117 cm³/mol. The number of methoxy groups -OCH3 is 3. The standard InChI is InChI=1S/C23H18N4O5/c1-30-13-6-4-12(5-7-13)20-19-18-15(11-24-21(19)26-25-20)22(28)27(23(18)29)16-10-14(31-2)8-9-17(16)32-3/h4-11H,1-3H3,(H,24,25,26). The van der Waals surface area contributed by atoms with Crippen molar-refractivity contribution in [2.24, 2.45) is 0 Å². The molecule has 0 unspecified atom stereocenters. The van der Waals surface area contributed by atoms with E-state index in [0.29, 0.717) is 39.7 Å². The molecular formula is C23H18N4O5. The molecule has 5 rings (SSSR count). The molecule has 0 spiro atoms. The van der Waals surface area contributed by atoms with Gasteiger partial charge >= 0.3 is 0 Å². The second-order valence-electron chi connectivity index (χ2n) is 7.06. The molecule has 9 nitrogen and oxygen atoms in total. The first-order valence-electron chi connectivity index (χ1n) is 9.69. The minimum absolute atomic E-state index is 0.198. The summed E-state index contributed by atoms with van der Waals surface area (Å²) in [6.45, 7) is 0. The van der Waals surface area contributed by atoms with Gasteiger partial charge in [0, 0.05) is 17.8 Å². The van der Waals surface area contributed by atoms with Gasteiger partial charge in [-0.1, -0.05) is 0 Å². The summed E-state index contributed by atoms with van der Waals surface area (Å²) in [4.78, 5) is 32.3. The normalized spacial score (nSPS) is 12.9. The molecule has 1 aliphatic heterocycles. The lowest BCUT2D eigenvalue weighted by Crippen LogP contribution is -2.29. The van der Waals surface area contributed by atoms with Gasteiger partial charge in [-0.25, -0.2) is 9.88 Å². The van der Waals surface area contributed by atoms with Crippen LogP contribution in [0, 0.1) is 0 Å². The van der Waals surface area contributed by atoms with E-state index in [0.717, 1.165) is 10.5 Å². The van der Waals surface area contributed by atoms with E-state index in [1.54, 1.807) is 37.4 Å². The Hall–Kier alpha value is -4.40. The number of hydrogen-bond donors (Lipinski definition) is 1. The Balaban J connectivity index is 1.69. The summed E-state index contributed by atoms with van der Waals surface area (Å²) >= 11 is 0. The third kappa shape index (κ3) is 2.78. The van der Waals surface area contributed by atoms with Crippen LogP contribution in [0.2, 0.25) is 0 Å². The van der Waals surface area contributed by atoms with Gasteiger partial charge in [-0.2, -0.15) is 5.10 Å². The van der Waals surface area contributed by atoms with Gasteiger partial charge in [0.1, 0.15) is 17.2 Å². The first kappa shape index (κ1) is 19.6. The van der Waals surface area contributed by atoms with Crippen molar-refractivity contribution in [2.45, 2.75) is 0 Å². The van der Waals surface area contributed by atoms with Gasteiger partial charge in [0.05, 0.1) is 49.2 Å². The molecule has 3 heterocycles. The van der Waals surface area contributed by atoms with Crippen LogP contribution in [0.4, 0.5) is 5.69 Å². The summed E-state index contributed by atoms with van der Waals surface area (Å²) in [7, 11) is 4.57. The minimum Gasteiger partial charge on any atom is -0.497 e. The molecule has 0 aliphatic carbocycles. The van der Waals surface area contributed by atoms with Crippen LogP contribution in [0.5, 0.6) is 17.2 Å². The maximum Gasteiger partial charge on any atom is 0.267 e. The summed E-state index contributed by atoms with van der Waals surface area (Å²) < 4.78 is 15.9. The van der Waals surface area contributed by atoms with Gasteiger partial charge in [-0.3, -0.25) is 14.7 Å². The number of hydrogen-bond acceptors (Lipinski definition) is 7. The van der Waals surface area contributed by atoms with E-state index in [1.165, 1.54) is 20.4 Å². The molecule has 0 radical (unpaired) electrons. The van der Waals surface area contributed by atoms with Crippen LogP contribution in [0.3, 0.4) is 0 Å². The molecule has 1 N–H and O–H groups in total. The highest BCUT2D eigenvalue weighted by Crippen LogP contribution is 2.40. The summed E-state index contributed by atoms with van der Waals surface area (Å²) in [5, 5.41) is 7.67. The Morgan fingerprint density at radius 3 is 2.28 bits per heavy atom. The van der Waals surface area contributed by atoms with Crippen LogP contribution in [-0.4, -0.2) is 48.3 Å². The zero-order valence-corrected chi connectivity index (χ0v) is 17.5. The fraction of sp³-hybridized carbons (Fsp3) is 0.130. The third-order valence-corrected chi connectivity index (χ3v) is 5.44. The molecule has 0 atom stereocenters. The second-order valence-corrected chi connectivity index (χ2v) is 7.06. The van der Waals surface area contributed by atoms with Gasteiger partial charge in [-0.15, -0.1) is 0 Å². The molecule has 1 aliphatic rings. The molecule has 0 bridgehead atoms. The highest BCUT2D eigenvalue weighted by atomic mass is 16.5. The van der Waals surface area contributed by atoms with Crippen LogP contribution in [0.1, 0.15) is 20.7 Å². The molecule has 160 valence electrons. The lowest BCUT2D eigenvalue weighted by Gasteiger charge is -2.18. The predicted octanol–water partition coefficient (Wildman–Crippen LogP) is 3.45. The van der Waals surface area contributed by atoms with Crippen molar-refractivity contribution in [2.75, 3.05) is 26.2 Å². The molecule has 0 saturated heterocycles. The van der Waals surface area contributed by atoms with Crippen molar-refractivity contribution in [3.8, 4) is 28.5 Å². The Bertz CT molecular complexity index is 1380. The monoisotopic (exact) mass is 430 g/mol. The summed E-state index contributed by atoms with van der Waals surface area (Å²) in [5.41, 5.74) is 2.44. The topological polar surface area (TPSA) is 107 Å². The first-order valence-corrected chi connectivity index (χ1v) is 9.69. The number of rotatable bonds is 5. The van der Waals surface area contributed by atoms with E-state index in [2.05, 4.69) is 15.2 Å². The lowest BCUT2D eigenvalue weighted by atomic mass is 10.0. The Morgan fingerprint density at radius 1 is 0.875 bits per heavy atom. The highest BCUT2D eigenvalue weighted by molar-refractivity contribution is 6.38. The second kappa shape index (κ2) is 7.38. The molecule has 0 saturated carbocycles. The highest BCUT2D eigenvalue weighted by Gasteiger charge is 2.41. The number of benzene rings is 2. The SMILES string of the molecule is COc1ccc(-c2[nH]nc3ncc4c(c23)C(=O)N(c2cc(OC)ccc2OC)C4=O)cc1. The molecule has 2 amide bonds. The number of nitrogens with zero attached hydrogens (tertiary/aromatic N) is 3. The van der Waals surface area contributed by atoms with Crippen LogP contribution < -0.4 is 19.1 Å². The van der Waals surface area contributed by atoms with E-state index in [9.17, 15) is 9.59 Å². The van der Waals surface area contributed by atoms with Crippen LogP contribution in [0.25, 0.3) is 22.3 Å². The van der Waals surface area contributed by atoms with Gasteiger partial charge in [0.15, 0.2) is 5.65 Å². The number of amides is 2. The van der Waals surface area contributed by atoms with E-state index >= 15 is 0 Å². The maximum atomic E-state index is 13.6. The van der Waals surface area contributed by atoms with Crippen molar-refractivity contribution in [1.82, 2.24) is 15.2 Å². The van der Waals surface area contributed by atoms with Crippen molar-refractivity contribution < 1.29 is 23.8 Å². The number of carbonyl (C=O) groups is 2. The number of ether oxygens (including phenoxy) is 3. The summed E-state index contributed by atoms with van der Waals surface area (Å²) in [5.74, 6) is 0.575. The number of fused-ring (bicyclic) bond motifs is 3. The van der Waals surface area contributed by atoms with E-state index in [-0.39, 0.29) is 11.1 Å². The van der Waals surface area contributed by atoms with Crippen LogP contribution >= 0.6 is 0 Å². The number of imide groups is 1. The average molecular weight is 430 g/mol. The Kier molecular flexibility index (Phi) is 4.51. The molecule has 32 heavy (non-hydrogen) atoms. The fourth-order valence-corrected chi connectivity index (χ4v) is 3.85. The first-order chi connectivity index (χ1) is 15.6. The van der Waals surface area contributed by atoms with Crippen molar-refractivity contribution in [1.29, 1.82) is 0 Å². The number of nitrogens with one attached hydrogen (secondary N) is 1. The Morgan fingerprint density at radius 2 is 1.59 bits per heavy atom. The lowest BCUT2D eigenvalue weighted by molar-refractivity contribution is 0.0925. The summed E-state index contributed by atoms with van der Waals surface area (Å²) in [6, 6.07) is 12.2. The Labute approximate surface area is 182 Å². The average Bonchev–Trinajstić information content (AvgIpc) is 3.37. The zero-order valence-electron chi connectivity index (χ0n) is 17.5. The van der Waals surface area contributed by atoms with Crippen molar-refractivity contribution >= 4 is 28.5 Å². The van der Waals surface area contributed by atoms with Gasteiger partial charge < -0.3 is 14.2 Å². The summed E-state index contributed by atoms with van der Waals surface area (Å²) in [6.07, 6.45) is 1.38. The zero-order chi connectivity index (χ0) is 22.4. The number of pyridine rings is 1. The largest absolute Gasteiger partial charge is 0.497 e. The fourth-order valence-electron chi connectivity index (χ4n) is 3.85. The van der Waals surface area contributed by atoms with Crippen molar-refractivity contribution in [3.63, 3.8) is 0 Å². The molecule has 4 aromatic rings. The molecule has 2 aromatic heterocycles. The quantitative estimate of drug-likeness (QED) is 0.483. The molecule has 2 aromatic carbocycles. The van der Waals surface area contributed by atoms with Gasteiger partial charge in [0.2, 0.25) is 0 Å². The van der Waals surface area contributed by atoms with E-state index in [4.69, 9.17) is 14.2 Å². The van der Waals surface area contributed by atoms with E-state index < -0.39 is 11.8 Å². The minimum atomic E-state index is -0.493. The van der Waals surface area contributed by atoms with Crippen LogP contribution in [-0.2, 0) is 0 Å². The van der Waals surface area contributed by atoms with Gasteiger partial charge in [-0.05, 0) is 36.4 Å². The third-order valence-electron chi connectivity index (χ3n) is 5.44. The number of aromatic amines is 1. The maximum absolute atomic E-state index is 13.6. The van der Waals surface area contributed by atoms with Gasteiger partial charge in [0.25, 0.3) is 11.8 Å². The smallest absolute Gasteiger partial charge is 0.267 e. The number of aromatic nitrogens is 3. The number of carbonyl (C=O) groups excluding carboxylic acids is 2. The molecular weight excluding hydrogens is 412 g/mol. The van der Waals surface area contributed by atoms with Crippen molar-refractivity contribution in [3.05, 3.63) is 59.8 Å².